The molecule has 1 aromatic rings. The van der Waals surface area contributed by atoms with Crippen LogP contribution in [-0.4, -0.2) is 43.4 Å². The predicted octanol–water partition coefficient (Wildman–Crippen LogP) is 3.08. The van der Waals surface area contributed by atoms with E-state index in [1.807, 2.05) is 6.07 Å². The fourth-order valence-electron chi connectivity index (χ4n) is 3.15. The van der Waals surface area contributed by atoms with Crippen LogP contribution in [0.4, 0.5) is 0 Å². The Kier molecular flexibility index (Phi) is 6.52. The van der Waals surface area contributed by atoms with Crippen molar-refractivity contribution in [2.75, 3.05) is 27.3 Å². The van der Waals surface area contributed by atoms with E-state index < -0.39 is 0 Å². The van der Waals surface area contributed by atoms with Crippen molar-refractivity contribution < 1.29 is 14.6 Å². The molecule has 1 aromatic carbocycles. The van der Waals surface area contributed by atoms with E-state index in [9.17, 15) is 5.11 Å². The molecule has 4 nitrogen and oxygen atoms in total. The van der Waals surface area contributed by atoms with Gasteiger partial charge in [-0.1, -0.05) is 19.4 Å². The number of hydrogen-bond donors (Lipinski definition) is 1. The van der Waals surface area contributed by atoms with E-state index in [-0.39, 0.29) is 6.10 Å². The molecule has 2 unspecified atom stereocenters. The van der Waals surface area contributed by atoms with Gasteiger partial charge >= 0.3 is 0 Å². The Morgan fingerprint density at radius 1 is 1.27 bits per heavy atom. The molecule has 22 heavy (non-hydrogen) atoms. The third kappa shape index (κ3) is 4.62. The first kappa shape index (κ1) is 17.1. The molecule has 0 heterocycles. The predicted molar refractivity (Wildman–Crippen MR) is 88.5 cm³/mol. The molecular weight excluding hydrogens is 278 g/mol. The van der Waals surface area contributed by atoms with E-state index >= 15 is 0 Å². The summed E-state index contributed by atoms with van der Waals surface area (Å²) < 4.78 is 11.1. The van der Waals surface area contributed by atoms with Crippen molar-refractivity contribution in [1.82, 2.24) is 4.90 Å². The number of methoxy groups -OCH3 is 1. The van der Waals surface area contributed by atoms with Crippen molar-refractivity contribution in [3.8, 4) is 11.5 Å². The lowest BCUT2D eigenvalue weighted by Crippen LogP contribution is -2.29. The van der Waals surface area contributed by atoms with E-state index in [1.54, 1.807) is 7.11 Å². The second-order valence-corrected chi connectivity index (χ2v) is 6.29. The molecule has 0 radical (unpaired) electrons. The zero-order valence-corrected chi connectivity index (χ0v) is 14.0. The maximum absolute atomic E-state index is 9.95. The molecule has 124 valence electrons. The first-order valence-electron chi connectivity index (χ1n) is 8.30. The molecule has 1 fully saturated rings. The standard InChI is InChI=1S/C18H29NO3/c1-4-10-22-18-11-14(8-9-17(18)21-3)12-19(2)13-15-6-5-7-16(15)20/h8-9,11,15-16,20H,4-7,10,12-13H2,1-3H3. The van der Waals surface area contributed by atoms with Crippen LogP contribution < -0.4 is 9.47 Å². The molecule has 0 aromatic heterocycles. The van der Waals surface area contributed by atoms with Gasteiger partial charge in [0.2, 0.25) is 0 Å². The zero-order valence-electron chi connectivity index (χ0n) is 14.0. The van der Waals surface area contributed by atoms with Crippen molar-refractivity contribution >= 4 is 0 Å². The molecule has 1 saturated carbocycles. The van der Waals surface area contributed by atoms with Gasteiger partial charge in [-0.15, -0.1) is 0 Å². The molecule has 4 heteroatoms. The molecule has 0 amide bonds. The van der Waals surface area contributed by atoms with Crippen LogP contribution in [0.2, 0.25) is 0 Å². The van der Waals surface area contributed by atoms with Gasteiger partial charge in [-0.05, 0) is 49.9 Å². The Balaban J connectivity index is 1.96. The van der Waals surface area contributed by atoms with Crippen LogP contribution in [0, 0.1) is 5.92 Å². The summed E-state index contributed by atoms with van der Waals surface area (Å²) in [6.07, 6.45) is 4.10. The molecule has 0 bridgehead atoms. The molecule has 0 spiro atoms. The topological polar surface area (TPSA) is 41.9 Å². The van der Waals surface area contributed by atoms with Gasteiger partial charge in [-0.3, -0.25) is 0 Å². The summed E-state index contributed by atoms with van der Waals surface area (Å²) in [5.74, 6) is 2.02. The Morgan fingerprint density at radius 3 is 2.73 bits per heavy atom. The minimum Gasteiger partial charge on any atom is -0.493 e. The lowest BCUT2D eigenvalue weighted by molar-refractivity contribution is 0.108. The molecule has 0 saturated heterocycles. The number of hydrogen-bond acceptors (Lipinski definition) is 4. The normalized spacial score (nSPS) is 21.3. The number of aliphatic hydroxyl groups is 1. The number of ether oxygens (including phenoxy) is 2. The molecule has 2 atom stereocenters. The summed E-state index contributed by atoms with van der Waals surface area (Å²) in [7, 11) is 3.78. The summed E-state index contributed by atoms with van der Waals surface area (Å²) in [5, 5.41) is 9.95. The van der Waals surface area contributed by atoms with Gasteiger partial charge in [0, 0.05) is 13.1 Å². The van der Waals surface area contributed by atoms with Gasteiger partial charge in [-0.2, -0.15) is 0 Å². The number of aliphatic hydroxyl groups excluding tert-OH is 1. The van der Waals surface area contributed by atoms with Gasteiger partial charge in [0.1, 0.15) is 0 Å². The highest BCUT2D eigenvalue weighted by Crippen LogP contribution is 2.30. The first-order valence-corrected chi connectivity index (χ1v) is 8.30. The van der Waals surface area contributed by atoms with Crippen molar-refractivity contribution in [3.63, 3.8) is 0 Å². The van der Waals surface area contributed by atoms with Gasteiger partial charge in [-0.25, -0.2) is 0 Å². The van der Waals surface area contributed by atoms with Crippen LogP contribution >= 0.6 is 0 Å². The van der Waals surface area contributed by atoms with Crippen LogP contribution in [0.1, 0.15) is 38.2 Å². The van der Waals surface area contributed by atoms with Crippen LogP contribution in [0.3, 0.4) is 0 Å². The Bertz CT molecular complexity index is 464. The van der Waals surface area contributed by atoms with Crippen molar-refractivity contribution in [1.29, 1.82) is 0 Å². The smallest absolute Gasteiger partial charge is 0.161 e. The zero-order chi connectivity index (χ0) is 15.9. The quantitative estimate of drug-likeness (QED) is 0.801. The minimum absolute atomic E-state index is 0.123. The maximum Gasteiger partial charge on any atom is 0.161 e. The van der Waals surface area contributed by atoms with E-state index in [1.165, 1.54) is 5.56 Å². The van der Waals surface area contributed by atoms with Crippen molar-refractivity contribution in [2.24, 2.45) is 5.92 Å². The van der Waals surface area contributed by atoms with Crippen LogP contribution in [-0.2, 0) is 6.54 Å². The maximum atomic E-state index is 9.95. The van der Waals surface area contributed by atoms with Gasteiger partial charge < -0.3 is 19.5 Å². The summed E-state index contributed by atoms with van der Waals surface area (Å²) in [4.78, 5) is 2.28. The SMILES string of the molecule is CCCOc1cc(CN(C)CC2CCCC2O)ccc1OC. The minimum atomic E-state index is -0.123. The van der Waals surface area contributed by atoms with Crippen molar-refractivity contribution in [3.05, 3.63) is 23.8 Å². The molecule has 2 rings (SSSR count). The second-order valence-electron chi connectivity index (χ2n) is 6.29. The van der Waals surface area contributed by atoms with E-state index in [0.29, 0.717) is 12.5 Å². The summed E-state index contributed by atoms with van der Waals surface area (Å²) in [5.41, 5.74) is 1.21. The number of rotatable bonds is 8. The van der Waals surface area contributed by atoms with Gasteiger partial charge in [0.25, 0.3) is 0 Å². The fourth-order valence-corrected chi connectivity index (χ4v) is 3.15. The molecular formula is C18H29NO3. The largest absolute Gasteiger partial charge is 0.493 e. The monoisotopic (exact) mass is 307 g/mol. The molecule has 1 aliphatic rings. The van der Waals surface area contributed by atoms with E-state index in [4.69, 9.17) is 9.47 Å². The van der Waals surface area contributed by atoms with E-state index in [0.717, 1.165) is 50.3 Å². The lowest BCUT2D eigenvalue weighted by Gasteiger charge is -2.23. The molecule has 0 aliphatic heterocycles. The summed E-state index contributed by atoms with van der Waals surface area (Å²) >= 11 is 0. The number of nitrogens with zero attached hydrogens (tertiary/aromatic N) is 1. The van der Waals surface area contributed by atoms with Crippen LogP contribution in [0.5, 0.6) is 11.5 Å². The van der Waals surface area contributed by atoms with Crippen LogP contribution in [0.25, 0.3) is 0 Å². The first-order chi connectivity index (χ1) is 10.6. The highest BCUT2D eigenvalue weighted by Gasteiger charge is 2.26. The van der Waals surface area contributed by atoms with Gasteiger partial charge in [0.15, 0.2) is 11.5 Å². The summed E-state index contributed by atoms with van der Waals surface area (Å²) in [6.45, 7) is 4.59. The fraction of sp³-hybridized carbons (Fsp3) is 0.667. The van der Waals surface area contributed by atoms with Crippen molar-refractivity contribution in [2.45, 2.75) is 45.3 Å². The number of benzene rings is 1. The summed E-state index contributed by atoms with van der Waals surface area (Å²) in [6, 6.07) is 6.12. The third-order valence-electron chi connectivity index (χ3n) is 4.31. The Labute approximate surface area is 134 Å². The average molecular weight is 307 g/mol. The molecule has 1 N–H and O–H groups in total. The van der Waals surface area contributed by atoms with Gasteiger partial charge in [0.05, 0.1) is 19.8 Å². The Hall–Kier alpha value is -1.26. The van der Waals surface area contributed by atoms with E-state index in [2.05, 4.69) is 31.0 Å². The highest BCUT2D eigenvalue weighted by molar-refractivity contribution is 5.42. The lowest BCUT2D eigenvalue weighted by atomic mass is 10.1. The second kappa shape index (κ2) is 8.39. The molecule has 1 aliphatic carbocycles. The Morgan fingerprint density at radius 2 is 2.09 bits per heavy atom. The third-order valence-corrected chi connectivity index (χ3v) is 4.31. The highest BCUT2D eigenvalue weighted by atomic mass is 16.5. The van der Waals surface area contributed by atoms with Crippen LogP contribution in [0.15, 0.2) is 18.2 Å². The average Bonchev–Trinajstić information content (AvgIpc) is 2.90.